The van der Waals surface area contributed by atoms with E-state index in [1.165, 1.54) is 17.4 Å². The van der Waals surface area contributed by atoms with Crippen molar-refractivity contribution in [1.82, 2.24) is 19.4 Å². The lowest BCUT2D eigenvalue weighted by Gasteiger charge is -2.37. The van der Waals surface area contributed by atoms with Crippen molar-refractivity contribution < 1.29 is 14.3 Å². The molecule has 1 saturated carbocycles. The van der Waals surface area contributed by atoms with Crippen molar-refractivity contribution in [3.05, 3.63) is 34.2 Å². The lowest BCUT2D eigenvalue weighted by Crippen LogP contribution is -2.45. The van der Waals surface area contributed by atoms with Gasteiger partial charge in [-0.25, -0.2) is 4.79 Å². The van der Waals surface area contributed by atoms with Crippen LogP contribution in [-0.2, 0) is 27.8 Å². The number of benzene rings is 1. The van der Waals surface area contributed by atoms with Crippen molar-refractivity contribution in [2.24, 2.45) is 18.7 Å². The average Bonchev–Trinajstić information content (AvgIpc) is 3.09. The molecule has 190 valence electrons. The van der Waals surface area contributed by atoms with E-state index in [-0.39, 0.29) is 24.1 Å². The van der Waals surface area contributed by atoms with Crippen LogP contribution in [0.1, 0.15) is 56.6 Å². The Labute approximate surface area is 205 Å². The second-order valence-electron chi connectivity index (χ2n) is 10.6. The molecule has 35 heavy (non-hydrogen) atoms. The van der Waals surface area contributed by atoms with Crippen LogP contribution in [0.5, 0.6) is 0 Å². The third-order valence-electron chi connectivity index (χ3n) is 8.06. The molecular formula is C26H37N5O4. The fourth-order valence-electron chi connectivity index (χ4n) is 5.98. The van der Waals surface area contributed by atoms with E-state index in [9.17, 15) is 14.4 Å². The third-order valence-corrected chi connectivity index (χ3v) is 8.06. The van der Waals surface area contributed by atoms with E-state index >= 15 is 0 Å². The molecule has 1 aliphatic carbocycles. The smallest absolute Gasteiger partial charge is 0.329 e. The Balaban J connectivity index is 1.23. The van der Waals surface area contributed by atoms with Gasteiger partial charge in [-0.05, 0) is 68.6 Å². The molecule has 3 aliphatic rings. The number of hydrogen-bond donors (Lipinski definition) is 2. The normalized spacial score (nSPS) is 28.4. The number of nitrogens with two attached hydrogens (primary N) is 1. The van der Waals surface area contributed by atoms with Crippen LogP contribution < -0.4 is 16.7 Å². The highest BCUT2D eigenvalue weighted by molar-refractivity contribution is 6.00. The Morgan fingerprint density at radius 3 is 2.66 bits per heavy atom. The van der Waals surface area contributed by atoms with E-state index < -0.39 is 11.9 Å². The number of nitrogens with one attached hydrogen (secondary N) is 1. The maximum atomic E-state index is 13.0. The predicted molar refractivity (Wildman–Crippen MR) is 133 cm³/mol. The standard InChI is InChI=1S/C26H37N5O4/c1-29-23-14-17(5-9-21(23)31(26(29)34)22-10-11-24(32)28-25(22)33)4-8-20-16-30(12-13-35-20)15-18-2-6-19(27)7-3-18/h5,9,14,18-20,22H,2-4,6-8,10-13,15-16,27H2,1H3,(H,28,32,33)/t18?,19?,20-,22?/m1/s1. The van der Waals surface area contributed by atoms with Gasteiger partial charge in [-0.3, -0.25) is 28.9 Å². The number of aromatic nitrogens is 2. The Morgan fingerprint density at radius 1 is 1.09 bits per heavy atom. The maximum absolute atomic E-state index is 13.0. The van der Waals surface area contributed by atoms with Crippen LogP contribution in [0.4, 0.5) is 0 Å². The topological polar surface area (TPSA) is 112 Å². The van der Waals surface area contributed by atoms with Crippen molar-refractivity contribution in [1.29, 1.82) is 0 Å². The second-order valence-corrected chi connectivity index (χ2v) is 10.6. The van der Waals surface area contributed by atoms with E-state index in [1.54, 1.807) is 11.6 Å². The first-order chi connectivity index (χ1) is 16.9. The molecule has 2 aromatic rings. The highest BCUT2D eigenvalue weighted by Gasteiger charge is 2.31. The van der Waals surface area contributed by atoms with Crippen LogP contribution in [0.3, 0.4) is 0 Å². The van der Waals surface area contributed by atoms with E-state index in [1.807, 2.05) is 18.2 Å². The SMILES string of the molecule is Cn1c(=O)n(C2CCC(=O)NC2=O)c2ccc(CC[C@@H]3CN(CC4CCC(N)CC4)CCO3)cc21. The number of morpholine rings is 1. The first-order valence-corrected chi connectivity index (χ1v) is 13.0. The molecule has 2 aliphatic heterocycles. The van der Waals surface area contributed by atoms with Gasteiger partial charge in [0.1, 0.15) is 6.04 Å². The number of imidazole rings is 1. The van der Waals surface area contributed by atoms with Gasteiger partial charge in [0.25, 0.3) is 0 Å². The lowest BCUT2D eigenvalue weighted by molar-refractivity contribution is -0.135. The zero-order chi connectivity index (χ0) is 24.5. The summed E-state index contributed by atoms with van der Waals surface area (Å²) >= 11 is 0. The number of hydrogen-bond acceptors (Lipinski definition) is 6. The van der Waals surface area contributed by atoms with Crippen molar-refractivity contribution in [3.8, 4) is 0 Å². The van der Waals surface area contributed by atoms with Gasteiger partial charge in [0.15, 0.2) is 0 Å². The molecule has 2 saturated heterocycles. The fraction of sp³-hybridized carbons (Fsp3) is 0.654. The molecule has 0 spiro atoms. The summed E-state index contributed by atoms with van der Waals surface area (Å²) in [7, 11) is 1.73. The van der Waals surface area contributed by atoms with Gasteiger partial charge in [-0.2, -0.15) is 0 Å². The summed E-state index contributed by atoms with van der Waals surface area (Å²) in [5.41, 5.74) is 8.51. The fourth-order valence-corrected chi connectivity index (χ4v) is 5.98. The second kappa shape index (κ2) is 10.2. The Kier molecular flexibility index (Phi) is 7.09. The lowest BCUT2D eigenvalue weighted by atomic mass is 9.86. The minimum absolute atomic E-state index is 0.210. The van der Waals surface area contributed by atoms with Crippen molar-refractivity contribution in [2.45, 2.75) is 69.6 Å². The highest BCUT2D eigenvalue weighted by Crippen LogP contribution is 2.26. The maximum Gasteiger partial charge on any atom is 0.329 e. The summed E-state index contributed by atoms with van der Waals surface area (Å²) in [6, 6.07) is 5.75. The quantitative estimate of drug-likeness (QED) is 0.602. The molecule has 9 heteroatoms. The molecule has 1 aromatic heterocycles. The first kappa shape index (κ1) is 24.2. The van der Waals surface area contributed by atoms with Gasteiger partial charge in [-0.15, -0.1) is 0 Å². The van der Waals surface area contributed by atoms with E-state index in [2.05, 4.69) is 10.2 Å². The third kappa shape index (κ3) is 5.22. The van der Waals surface area contributed by atoms with Crippen LogP contribution >= 0.6 is 0 Å². The molecule has 3 fully saturated rings. The first-order valence-electron chi connectivity index (χ1n) is 13.0. The summed E-state index contributed by atoms with van der Waals surface area (Å²) in [6.07, 6.45) is 7.36. The molecule has 2 amide bonds. The molecule has 0 bridgehead atoms. The van der Waals surface area contributed by atoms with Crippen LogP contribution in [0.2, 0.25) is 0 Å². The summed E-state index contributed by atoms with van der Waals surface area (Å²) in [4.78, 5) is 39.5. The number of carbonyl (C=O) groups is 2. The average molecular weight is 484 g/mol. The van der Waals surface area contributed by atoms with Gasteiger partial charge in [0.2, 0.25) is 11.8 Å². The highest BCUT2D eigenvalue weighted by atomic mass is 16.5. The van der Waals surface area contributed by atoms with Crippen molar-refractivity contribution >= 4 is 22.8 Å². The largest absolute Gasteiger partial charge is 0.376 e. The van der Waals surface area contributed by atoms with E-state index in [0.29, 0.717) is 12.5 Å². The van der Waals surface area contributed by atoms with Gasteiger partial charge in [-0.1, -0.05) is 6.07 Å². The summed E-state index contributed by atoms with van der Waals surface area (Å²) < 4.78 is 9.20. The molecule has 1 aromatic carbocycles. The van der Waals surface area contributed by atoms with Gasteiger partial charge < -0.3 is 10.5 Å². The minimum Gasteiger partial charge on any atom is -0.376 e. The van der Waals surface area contributed by atoms with Gasteiger partial charge in [0, 0.05) is 39.1 Å². The van der Waals surface area contributed by atoms with Gasteiger partial charge >= 0.3 is 5.69 Å². The van der Waals surface area contributed by atoms with Crippen molar-refractivity contribution in [2.75, 3.05) is 26.2 Å². The molecule has 3 N–H and O–H groups in total. The number of amides is 2. The number of fused-ring (bicyclic) bond motifs is 1. The summed E-state index contributed by atoms with van der Waals surface area (Å²) in [5.74, 6) is 0.0638. The Hall–Kier alpha value is -2.49. The number of ether oxygens (including phenoxy) is 1. The zero-order valence-corrected chi connectivity index (χ0v) is 20.6. The number of nitrogens with zero attached hydrogens (tertiary/aromatic N) is 3. The van der Waals surface area contributed by atoms with Gasteiger partial charge in [0.05, 0.1) is 23.7 Å². The van der Waals surface area contributed by atoms with E-state index in [0.717, 1.165) is 74.4 Å². The molecule has 0 radical (unpaired) electrons. The van der Waals surface area contributed by atoms with Crippen molar-refractivity contribution in [3.63, 3.8) is 0 Å². The summed E-state index contributed by atoms with van der Waals surface area (Å²) in [6.45, 7) is 3.89. The number of piperidine rings is 1. The molecule has 2 atom stereocenters. The monoisotopic (exact) mass is 483 g/mol. The minimum atomic E-state index is -0.656. The molecular weight excluding hydrogens is 446 g/mol. The molecule has 3 heterocycles. The van der Waals surface area contributed by atoms with Crippen LogP contribution in [0, 0.1) is 5.92 Å². The van der Waals surface area contributed by atoms with Crippen LogP contribution in [-0.4, -0.2) is 64.2 Å². The Bertz CT molecular complexity index is 1150. The molecule has 9 nitrogen and oxygen atoms in total. The van der Waals surface area contributed by atoms with Crippen LogP contribution in [0.25, 0.3) is 11.0 Å². The number of rotatable bonds is 6. The Morgan fingerprint density at radius 2 is 1.89 bits per heavy atom. The van der Waals surface area contributed by atoms with Crippen LogP contribution in [0.15, 0.2) is 23.0 Å². The molecule has 1 unspecified atom stereocenters. The molecule has 5 rings (SSSR count). The summed E-state index contributed by atoms with van der Waals surface area (Å²) in [5, 5.41) is 2.36. The number of carbonyl (C=O) groups excluding carboxylic acids is 2. The zero-order valence-electron chi connectivity index (χ0n) is 20.6. The number of aryl methyl sites for hydroxylation is 2. The van der Waals surface area contributed by atoms with E-state index in [4.69, 9.17) is 10.5 Å². The number of imide groups is 1. The predicted octanol–water partition coefficient (Wildman–Crippen LogP) is 1.47.